The minimum Gasteiger partial charge on any atom is -0.496 e. The van der Waals surface area contributed by atoms with Gasteiger partial charge in [0, 0.05) is 37.3 Å². The number of rotatable bonds is 8. The summed E-state index contributed by atoms with van der Waals surface area (Å²) in [5.41, 5.74) is 2.12. The van der Waals surface area contributed by atoms with Crippen LogP contribution in [0.15, 0.2) is 53.5 Å². The van der Waals surface area contributed by atoms with Crippen LogP contribution in [0.5, 0.6) is 5.75 Å². The van der Waals surface area contributed by atoms with Crippen molar-refractivity contribution in [1.29, 1.82) is 0 Å². The number of aliphatic imine (C=N–C) groups is 1. The second kappa shape index (κ2) is 10.8. The van der Waals surface area contributed by atoms with Crippen LogP contribution in [0.1, 0.15) is 43.4 Å². The Hall–Kier alpha value is -2.57. The van der Waals surface area contributed by atoms with Crippen LogP contribution in [0.25, 0.3) is 0 Å². The van der Waals surface area contributed by atoms with Crippen LogP contribution in [0.3, 0.4) is 0 Å². The van der Waals surface area contributed by atoms with Crippen molar-refractivity contribution >= 4 is 5.96 Å². The van der Waals surface area contributed by atoms with Crippen molar-refractivity contribution in [3.05, 3.63) is 65.2 Å². The third-order valence-corrected chi connectivity index (χ3v) is 6.26. The van der Waals surface area contributed by atoms with Crippen LogP contribution >= 0.6 is 0 Å². The minimum atomic E-state index is -1.04. The monoisotopic (exact) mass is 439 g/mol. The van der Waals surface area contributed by atoms with E-state index in [2.05, 4.69) is 35.8 Å². The largest absolute Gasteiger partial charge is 0.496 e. The molecule has 1 aliphatic rings. The Morgan fingerprint density at radius 1 is 1.16 bits per heavy atom. The number of aliphatic hydroxyl groups is 1. The highest BCUT2D eigenvalue weighted by Crippen LogP contribution is 2.40. The molecule has 0 aromatic heterocycles. The summed E-state index contributed by atoms with van der Waals surface area (Å²) in [6, 6.07) is 16.0. The maximum atomic E-state index is 11.0. The Kier molecular flexibility index (Phi) is 8.15. The lowest BCUT2D eigenvalue weighted by Crippen LogP contribution is -2.48. The van der Waals surface area contributed by atoms with Gasteiger partial charge in [0.25, 0.3) is 0 Å². The van der Waals surface area contributed by atoms with Crippen LogP contribution in [0.2, 0.25) is 0 Å². The van der Waals surface area contributed by atoms with Crippen LogP contribution in [0.4, 0.5) is 0 Å². The van der Waals surface area contributed by atoms with E-state index >= 15 is 0 Å². The molecule has 2 aromatic rings. The number of benzene rings is 2. The maximum Gasteiger partial charge on any atom is 0.191 e. The molecular formula is C26H37N3O3. The highest BCUT2D eigenvalue weighted by molar-refractivity contribution is 5.80. The smallest absolute Gasteiger partial charge is 0.191 e. The summed E-state index contributed by atoms with van der Waals surface area (Å²) in [5, 5.41) is 17.8. The van der Waals surface area contributed by atoms with Crippen LogP contribution in [-0.4, -0.2) is 51.0 Å². The number of guanidine groups is 1. The van der Waals surface area contributed by atoms with Crippen molar-refractivity contribution in [3.63, 3.8) is 0 Å². The highest BCUT2D eigenvalue weighted by atomic mass is 16.5. The molecular weight excluding hydrogens is 402 g/mol. The minimum absolute atomic E-state index is 0.117. The molecule has 1 saturated heterocycles. The molecule has 0 aliphatic carbocycles. The molecule has 0 bridgehead atoms. The van der Waals surface area contributed by atoms with E-state index in [1.165, 1.54) is 11.1 Å². The van der Waals surface area contributed by atoms with E-state index in [1.807, 2.05) is 37.3 Å². The van der Waals surface area contributed by atoms with Gasteiger partial charge in [-0.25, -0.2) is 4.99 Å². The van der Waals surface area contributed by atoms with Gasteiger partial charge in [-0.15, -0.1) is 0 Å². The van der Waals surface area contributed by atoms with Gasteiger partial charge in [-0.2, -0.15) is 0 Å². The fourth-order valence-electron chi connectivity index (χ4n) is 4.26. The predicted octanol–water partition coefficient (Wildman–Crippen LogP) is 3.51. The molecule has 6 heteroatoms. The van der Waals surface area contributed by atoms with E-state index in [0.717, 1.165) is 43.9 Å². The number of hydrogen-bond donors (Lipinski definition) is 3. The Bertz CT molecular complexity index is 890. The van der Waals surface area contributed by atoms with Crippen LogP contribution in [-0.2, 0) is 15.8 Å². The first kappa shape index (κ1) is 24.1. The van der Waals surface area contributed by atoms with E-state index in [9.17, 15) is 5.11 Å². The van der Waals surface area contributed by atoms with Gasteiger partial charge < -0.3 is 25.2 Å². The lowest BCUT2D eigenvalue weighted by molar-refractivity contribution is 0.0504. The molecule has 32 heavy (non-hydrogen) atoms. The van der Waals surface area contributed by atoms with Crippen molar-refractivity contribution < 1.29 is 14.6 Å². The molecule has 1 heterocycles. The van der Waals surface area contributed by atoms with Crippen molar-refractivity contribution in [1.82, 2.24) is 10.6 Å². The van der Waals surface area contributed by atoms with Gasteiger partial charge >= 0.3 is 0 Å². The number of hydrogen-bond acceptors (Lipinski definition) is 4. The standard InChI is InChI=1S/C26H37N3O3/c1-5-27-24(28-18-25(3,30)21-9-7-6-8-10-21)29-19-26(13-15-32-16-14-26)22-17-20(2)11-12-23(22)31-4/h6-12,17,30H,5,13-16,18-19H2,1-4H3,(H2,27,28,29). The normalized spacial score (nSPS) is 18.0. The molecule has 1 atom stereocenters. The maximum absolute atomic E-state index is 11.0. The number of ether oxygens (including phenoxy) is 2. The average molecular weight is 440 g/mol. The summed E-state index contributed by atoms with van der Waals surface area (Å²) in [4.78, 5) is 4.71. The number of methoxy groups -OCH3 is 1. The van der Waals surface area contributed by atoms with Gasteiger partial charge in [-0.1, -0.05) is 48.0 Å². The van der Waals surface area contributed by atoms with Crippen molar-refractivity contribution in [2.24, 2.45) is 4.99 Å². The van der Waals surface area contributed by atoms with E-state index < -0.39 is 5.60 Å². The summed E-state index contributed by atoms with van der Waals surface area (Å²) in [5.74, 6) is 1.61. The van der Waals surface area contributed by atoms with Crippen molar-refractivity contribution in [2.45, 2.75) is 44.6 Å². The average Bonchev–Trinajstić information content (AvgIpc) is 2.82. The fraction of sp³-hybridized carbons (Fsp3) is 0.500. The Labute approximate surface area is 192 Å². The zero-order valence-electron chi connectivity index (χ0n) is 19.8. The molecule has 1 unspecified atom stereocenters. The summed E-state index contributed by atoms with van der Waals surface area (Å²) in [6.07, 6.45) is 1.81. The third kappa shape index (κ3) is 5.81. The van der Waals surface area contributed by atoms with E-state index in [1.54, 1.807) is 14.0 Å². The SMILES string of the molecule is CCNC(=NCC(C)(O)c1ccccc1)NCC1(c2cc(C)ccc2OC)CCOCC1. The zero-order valence-corrected chi connectivity index (χ0v) is 19.8. The number of aryl methyl sites for hydroxylation is 1. The summed E-state index contributed by atoms with van der Waals surface area (Å²) in [6.45, 7) is 9.09. The lowest BCUT2D eigenvalue weighted by Gasteiger charge is -2.39. The van der Waals surface area contributed by atoms with Gasteiger partial charge in [0.1, 0.15) is 11.4 Å². The zero-order chi connectivity index (χ0) is 23.0. The molecule has 3 N–H and O–H groups in total. The van der Waals surface area contributed by atoms with Gasteiger partial charge in [-0.3, -0.25) is 0 Å². The molecule has 0 amide bonds. The van der Waals surface area contributed by atoms with E-state index in [0.29, 0.717) is 12.5 Å². The van der Waals surface area contributed by atoms with Gasteiger partial charge in [-0.05, 0) is 45.2 Å². The fourth-order valence-corrected chi connectivity index (χ4v) is 4.26. The quantitative estimate of drug-likeness (QED) is 0.434. The van der Waals surface area contributed by atoms with Crippen molar-refractivity contribution in [3.8, 4) is 5.75 Å². The lowest BCUT2D eigenvalue weighted by atomic mass is 9.73. The van der Waals surface area contributed by atoms with Gasteiger partial charge in [0.15, 0.2) is 5.96 Å². The van der Waals surface area contributed by atoms with Crippen LogP contribution < -0.4 is 15.4 Å². The number of nitrogens with one attached hydrogen (secondary N) is 2. The molecule has 174 valence electrons. The first-order valence-electron chi connectivity index (χ1n) is 11.4. The van der Waals surface area contributed by atoms with Crippen molar-refractivity contribution in [2.75, 3.05) is 40.0 Å². The van der Waals surface area contributed by atoms with E-state index in [4.69, 9.17) is 14.5 Å². The highest BCUT2D eigenvalue weighted by Gasteiger charge is 2.37. The molecule has 0 spiro atoms. The molecule has 0 saturated carbocycles. The Balaban J connectivity index is 1.81. The summed E-state index contributed by atoms with van der Waals surface area (Å²) in [7, 11) is 1.73. The molecule has 0 radical (unpaired) electrons. The first-order chi connectivity index (χ1) is 15.4. The number of nitrogens with zero attached hydrogens (tertiary/aromatic N) is 1. The third-order valence-electron chi connectivity index (χ3n) is 6.26. The molecule has 1 fully saturated rings. The predicted molar refractivity (Wildman–Crippen MR) is 129 cm³/mol. The second-order valence-electron chi connectivity index (χ2n) is 8.79. The Morgan fingerprint density at radius 3 is 2.53 bits per heavy atom. The van der Waals surface area contributed by atoms with Gasteiger partial charge in [0.2, 0.25) is 0 Å². The molecule has 3 rings (SSSR count). The first-order valence-corrected chi connectivity index (χ1v) is 11.4. The topological polar surface area (TPSA) is 75.1 Å². The Morgan fingerprint density at radius 2 is 1.88 bits per heavy atom. The molecule has 1 aliphatic heterocycles. The second-order valence-corrected chi connectivity index (χ2v) is 8.79. The van der Waals surface area contributed by atoms with Crippen LogP contribution in [0, 0.1) is 6.92 Å². The molecule has 6 nitrogen and oxygen atoms in total. The van der Waals surface area contributed by atoms with E-state index in [-0.39, 0.29) is 12.0 Å². The van der Waals surface area contributed by atoms with Gasteiger partial charge in [0.05, 0.1) is 13.7 Å². The summed E-state index contributed by atoms with van der Waals surface area (Å²) < 4.78 is 11.4. The summed E-state index contributed by atoms with van der Waals surface area (Å²) >= 11 is 0. The molecule has 2 aromatic carbocycles.